The highest BCUT2D eigenvalue weighted by Crippen LogP contribution is 2.20. The Labute approximate surface area is 157 Å². The van der Waals surface area contributed by atoms with E-state index in [4.69, 9.17) is 0 Å². The second-order valence-electron chi connectivity index (χ2n) is 6.32. The molecule has 1 aliphatic heterocycles. The van der Waals surface area contributed by atoms with Crippen LogP contribution in [-0.2, 0) is 16.0 Å². The molecular formula is C19H21N5O3. The van der Waals surface area contributed by atoms with E-state index in [0.717, 1.165) is 0 Å². The molecule has 2 aromatic rings. The van der Waals surface area contributed by atoms with Crippen LogP contribution in [0.4, 0.5) is 0 Å². The van der Waals surface area contributed by atoms with Gasteiger partial charge in [-0.2, -0.15) is 0 Å². The van der Waals surface area contributed by atoms with E-state index in [9.17, 15) is 14.4 Å². The summed E-state index contributed by atoms with van der Waals surface area (Å²) in [7, 11) is 1.53. The number of nitrogens with one attached hydrogen (secondary N) is 2. The summed E-state index contributed by atoms with van der Waals surface area (Å²) in [6, 6.07) is 7.67. The van der Waals surface area contributed by atoms with E-state index < -0.39 is 6.04 Å². The average molecular weight is 367 g/mol. The van der Waals surface area contributed by atoms with Gasteiger partial charge in [0.25, 0.3) is 5.91 Å². The third-order valence-electron chi connectivity index (χ3n) is 4.51. The SMILES string of the molecule is CNC(=O)[C@@H]1C[C@@H](NC(=O)c2ccncc2)CN1C(=O)Cc1ccccn1. The Morgan fingerprint density at radius 2 is 1.93 bits per heavy atom. The van der Waals surface area contributed by atoms with Gasteiger partial charge in [-0.1, -0.05) is 6.07 Å². The summed E-state index contributed by atoms with van der Waals surface area (Å²) in [5.41, 5.74) is 1.13. The monoisotopic (exact) mass is 367 g/mol. The number of rotatable bonds is 5. The fourth-order valence-electron chi connectivity index (χ4n) is 3.16. The van der Waals surface area contributed by atoms with Crippen LogP contribution in [0.5, 0.6) is 0 Å². The maximum Gasteiger partial charge on any atom is 0.251 e. The highest BCUT2D eigenvalue weighted by molar-refractivity contribution is 5.94. The first-order chi connectivity index (χ1) is 13.1. The first-order valence-corrected chi connectivity index (χ1v) is 8.70. The number of aromatic nitrogens is 2. The van der Waals surface area contributed by atoms with Crippen molar-refractivity contribution in [1.82, 2.24) is 25.5 Å². The van der Waals surface area contributed by atoms with Gasteiger partial charge in [0.15, 0.2) is 0 Å². The van der Waals surface area contributed by atoms with Crippen molar-refractivity contribution >= 4 is 17.7 Å². The molecule has 0 aliphatic carbocycles. The summed E-state index contributed by atoms with van der Waals surface area (Å²) in [5.74, 6) is -0.690. The summed E-state index contributed by atoms with van der Waals surface area (Å²) < 4.78 is 0. The van der Waals surface area contributed by atoms with Crippen molar-refractivity contribution in [3.8, 4) is 0 Å². The molecule has 8 nitrogen and oxygen atoms in total. The maximum atomic E-state index is 12.7. The fraction of sp³-hybridized carbons (Fsp3) is 0.316. The van der Waals surface area contributed by atoms with E-state index in [-0.39, 0.29) is 36.7 Å². The molecule has 0 unspecified atom stereocenters. The lowest BCUT2D eigenvalue weighted by atomic mass is 10.1. The highest BCUT2D eigenvalue weighted by Gasteiger charge is 2.39. The maximum absolute atomic E-state index is 12.7. The molecule has 1 saturated heterocycles. The minimum absolute atomic E-state index is 0.110. The molecule has 3 heterocycles. The first kappa shape index (κ1) is 18.5. The number of likely N-dealkylation sites (N-methyl/N-ethyl adjacent to an activating group) is 1. The summed E-state index contributed by atoms with van der Waals surface area (Å²) in [6.07, 6.45) is 5.18. The van der Waals surface area contributed by atoms with Crippen molar-refractivity contribution < 1.29 is 14.4 Å². The second kappa shape index (κ2) is 8.39. The Bertz CT molecular complexity index is 813. The van der Waals surface area contributed by atoms with Crippen LogP contribution in [0.15, 0.2) is 48.9 Å². The molecule has 0 saturated carbocycles. The molecule has 3 rings (SSSR count). The van der Waals surface area contributed by atoms with Crippen molar-refractivity contribution in [1.29, 1.82) is 0 Å². The molecule has 2 aromatic heterocycles. The highest BCUT2D eigenvalue weighted by atomic mass is 16.2. The minimum atomic E-state index is -0.617. The Kier molecular flexibility index (Phi) is 5.75. The van der Waals surface area contributed by atoms with Gasteiger partial charge in [0, 0.05) is 49.5 Å². The predicted octanol–water partition coefficient (Wildman–Crippen LogP) is 0.165. The molecule has 1 fully saturated rings. The van der Waals surface area contributed by atoms with Crippen LogP contribution < -0.4 is 10.6 Å². The number of nitrogens with zero attached hydrogens (tertiary/aromatic N) is 3. The molecule has 2 N–H and O–H groups in total. The van der Waals surface area contributed by atoms with Crippen LogP contribution in [0, 0.1) is 0 Å². The van der Waals surface area contributed by atoms with Crippen LogP contribution >= 0.6 is 0 Å². The summed E-state index contributed by atoms with van der Waals surface area (Å²) >= 11 is 0. The number of carbonyl (C=O) groups is 3. The van der Waals surface area contributed by atoms with E-state index in [1.165, 1.54) is 11.9 Å². The van der Waals surface area contributed by atoms with Crippen LogP contribution in [0.3, 0.4) is 0 Å². The molecule has 8 heteroatoms. The van der Waals surface area contributed by atoms with E-state index in [0.29, 0.717) is 17.7 Å². The third-order valence-corrected chi connectivity index (χ3v) is 4.51. The number of carbonyl (C=O) groups excluding carboxylic acids is 3. The predicted molar refractivity (Wildman–Crippen MR) is 97.6 cm³/mol. The Morgan fingerprint density at radius 1 is 1.15 bits per heavy atom. The van der Waals surface area contributed by atoms with Gasteiger partial charge in [0.05, 0.1) is 6.42 Å². The third kappa shape index (κ3) is 4.46. The zero-order valence-corrected chi connectivity index (χ0v) is 15.0. The van der Waals surface area contributed by atoms with Crippen LogP contribution in [0.2, 0.25) is 0 Å². The van der Waals surface area contributed by atoms with E-state index in [1.54, 1.807) is 42.9 Å². The van der Waals surface area contributed by atoms with Gasteiger partial charge < -0.3 is 15.5 Å². The average Bonchev–Trinajstić information content (AvgIpc) is 3.12. The number of likely N-dealkylation sites (tertiary alicyclic amines) is 1. The normalized spacial score (nSPS) is 18.8. The molecule has 27 heavy (non-hydrogen) atoms. The van der Waals surface area contributed by atoms with Crippen molar-refractivity contribution in [2.75, 3.05) is 13.6 Å². The lowest BCUT2D eigenvalue weighted by Crippen LogP contribution is -2.45. The molecule has 2 atom stereocenters. The number of hydrogen-bond acceptors (Lipinski definition) is 5. The topological polar surface area (TPSA) is 104 Å². The smallest absolute Gasteiger partial charge is 0.251 e. The van der Waals surface area contributed by atoms with Crippen LogP contribution in [0.1, 0.15) is 22.5 Å². The number of amides is 3. The summed E-state index contributed by atoms with van der Waals surface area (Å²) in [4.78, 5) is 46.9. The van der Waals surface area contributed by atoms with Gasteiger partial charge in [0.1, 0.15) is 6.04 Å². The molecule has 1 aliphatic rings. The summed E-state index contributed by atoms with van der Waals surface area (Å²) in [6.45, 7) is 0.278. The molecule has 0 aromatic carbocycles. The quantitative estimate of drug-likeness (QED) is 0.784. The van der Waals surface area contributed by atoms with Gasteiger partial charge in [-0.3, -0.25) is 24.4 Å². The molecule has 0 spiro atoms. The number of pyridine rings is 2. The van der Waals surface area contributed by atoms with Crippen molar-refractivity contribution in [3.63, 3.8) is 0 Å². The Morgan fingerprint density at radius 3 is 2.59 bits per heavy atom. The molecule has 140 valence electrons. The van der Waals surface area contributed by atoms with Gasteiger partial charge in [-0.25, -0.2) is 0 Å². The summed E-state index contributed by atoms with van der Waals surface area (Å²) in [5, 5.41) is 5.49. The molecule has 3 amide bonds. The molecule has 0 bridgehead atoms. The zero-order valence-electron chi connectivity index (χ0n) is 15.0. The molecule has 0 radical (unpaired) electrons. The first-order valence-electron chi connectivity index (χ1n) is 8.70. The van der Waals surface area contributed by atoms with Gasteiger partial charge in [0.2, 0.25) is 11.8 Å². The van der Waals surface area contributed by atoms with Crippen LogP contribution in [0.25, 0.3) is 0 Å². The van der Waals surface area contributed by atoms with Crippen molar-refractivity contribution in [2.24, 2.45) is 0 Å². The van der Waals surface area contributed by atoms with Gasteiger partial charge >= 0.3 is 0 Å². The Balaban J connectivity index is 1.69. The van der Waals surface area contributed by atoms with Gasteiger partial charge in [-0.05, 0) is 30.7 Å². The number of hydrogen-bond donors (Lipinski definition) is 2. The van der Waals surface area contributed by atoms with E-state index in [2.05, 4.69) is 20.6 Å². The molecular weight excluding hydrogens is 346 g/mol. The second-order valence-corrected chi connectivity index (χ2v) is 6.32. The minimum Gasteiger partial charge on any atom is -0.357 e. The standard InChI is InChI=1S/C19H21N5O3/c1-20-19(27)16-10-15(23-18(26)13-5-8-21-9-6-13)12-24(16)17(25)11-14-4-2-3-7-22-14/h2-9,15-16H,10-12H2,1H3,(H,20,27)(H,23,26)/t15-,16+/m1/s1. The Hall–Kier alpha value is -3.29. The van der Waals surface area contributed by atoms with Crippen molar-refractivity contribution in [3.05, 3.63) is 60.2 Å². The van der Waals surface area contributed by atoms with E-state index >= 15 is 0 Å². The van der Waals surface area contributed by atoms with Gasteiger partial charge in [-0.15, -0.1) is 0 Å². The fourth-order valence-corrected chi connectivity index (χ4v) is 3.16. The lowest BCUT2D eigenvalue weighted by molar-refractivity contribution is -0.137. The van der Waals surface area contributed by atoms with E-state index in [1.807, 2.05) is 6.07 Å². The van der Waals surface area contributed by atoms with Crippen molar-refractivity contribution in [2.45, 2.75) is 24.9 Å². The lowest BCUT2D eigenvalue weighted by Gasteiger charge is -2.23. The van der Waals surface area contributed by atoms with Crippen LogP contribution in [-0.4, -0.2) is 58.3 Å². The largest absolute Gasteiger partial charge is 0.357 e. The zero-order chi connectivity index (χ0) is 19.2.